The fourth-order valence-electron chi connectivity index (χ4n) is 3.31. The molecule has 0 spiro atoms. The number of methoxy groups -OCH3 is 1. The number of nitrogens with zero attached hydrogens (tertiary/aromatic N) is 1. The molecule has 2 aromatic carbocycles. The van der Waals surface area contributed by atoms with Gasteiger partial charge in [-0.3, -0.25) is 4.79 Å². The number of hydrogen-bond donors (Lipinski definition) is 1. The third kappa shape index (κ3) is 5.32. The van der Waals surface area contributed by atoms with Gasteiger partial charge in [0.15, 0.2) is 11.6 Å². The molecule has 1 N–H and O–H groups in total. The maximum atomic E-state index is 14.2. The number of halogens is 1. The number of H-pyrrole nitrogens is 1. The molecule has 1 heterocycles. The highest BCUT2D eigenvalue weighted by atomic mass is 32.2. The van der Waals surface area contributed by atoms with Crippen LogP contribution in [0.5, 0.6) is 5.75 Å². The lowest BCUT2D eigenvalue weighted by Crippen LogP contribution is -2.38. The van der Waals surface area contributed by atoms with Gasteiger partial charge in [-0.1, -0.05) is 37.3 Å². The molecule has 164 valence electrons. The van der Waals surface area contributed by atoms with Crippen LogP contribution in [0.1, 0.15) is 25.5 Å². The van der Waals surface area contributed by atoms with E-state index in [4.69, 9.17) is 4.74 Å². The van der Waals surface area contributed by atoms with Crippen molar-refractivity contribution in [2.24, 2.45) is 0 Å². The van der Waals surface area contributed by atoms with Crippen molar-refractivity contribution in [3.63, 3.8) is 0 Å². The van der Waals surface area contributed by atoms with E-state index >= 15 is 0 Å². The molecule has 0 radical (unpaired) electrons. The molecule has 0 aliphatic heterocycles. The predicted molar refractivity (Wildman–Crippen MR) is 119 cm³/mol. The molecular formula is C23H25FN2O4S. The van der Waals surface area contributed by atoms with Crippen molar-refractivity contribution in [3.05, 3.63) is 72.2 Å². The van der Waals surface area contributed by atoms with Gasteiger partial charge in [0.2, 0.25) is 15.9 Å². The first-order chi connectivity index (χ1) is 14.9. The Balaban J connectivity index is 1.81. The topological polar surface area (TPSA) is 79.5 Å². The average Bonchev–Trinajstić information content (AvgIpc) is 3.22. The van der Waals surface area contributed by atoms with Crippen molar-refractivity contribution in [2.45, 2.75) is 26.2 Å². The lowest BCUT2D eigenvalue weighted by molar-refractivity contribution is -0.117. The minimum Gasteiger partial charge on any atom is -0.494 e. The van der Waals surface area contributed by atoms with Gasteiger partial charge in [0.05, 0.1) is 18.6 Å². The molecule has 0 aliphatic rings. The number of carbonyl (C=O) groups excluding carboxylic acids is 1. The van der Waals surface area contributed by atoms with Gasteiger partial charge in [0.25, 0.3) is 0 Å². The summed E-state index contributed by atoms with van der Waals surface area (Å²) >= 11 is 0. The summed E-state index contributed by atoms with van der Waals surface area (Å²) < 4.78 is 45.4. The normalized spacial score (nSPS) is 11.3. The number of aromatic amines is 1. The van der Waals surface area contributed by atoms with E-state index in [1.54, 1.807) is 6.92 Å². The Labute approximate surface area is 181 Å². The van der Waals surface area contributed by atoms with Gasteiger partial charge >= 0.3 is 0 Å². The van der Waals surface area contributed by atoms with Crippen LogP contribution in [0.2, 0.25) is 0 Å². The molecule has 31 heavy (non-hydrogen) atoms. The summed E-state index contributed by atoms with van der Waals surface area (Å²) in [4.78, 5) is 16.2. The van der Waals surface area contributed by atoms with E-state index in [1.807, 2.05) is 42.5 Å². The monoisotopic (exact) mass is 444 g/mol. The number of nitrogens with one attached hydrogen (secondary N) is 1. The van der Waals surface area contributed by atoms with E-state index in [1.165, 1.54) is 19.2 Å². The summed E-state index contributed by atoms with van der Waals surface area (Å²) in [5, 5.41) is 0. The van der Waals surface area contributed by atoms with Gasteiger partial charge in [-0.25, -0.2) is 17.1 Å². The first kappa shape index (κ1) is 22.6. The van der Waals surface area contributed by atoms with Crippen molar-refractivity contribution in [1.82, 2.24) is 4.98 Å². The standard InChI is InChI=1S/C23H25FN2O4S/c1-3-15-31(28,29)26(19-11-13-22(30-2)20(24)16-19)23(27)14-10-18-9-12-21(25-18)17-7-5-4-6-8-17/h4-9,11-13,16,25H,3,10,14-15H2,1-2H3. The summed E-state index contributed by atoms with van der Waals surface area (Å²) in [5.41, 5.74) is 2.70. The first-order valence-electron chi connectivity index (χ1n) is 9.98. The highest BCUT2D eigenvalue weighted by molar-refractivity contribution is 7.93. The molecule has 3 aromatic rings. The van der Waals surface area contributed by atoms with Crippen LogP contribution >= 0.6 is 0 Å². The van der Waals surface area contributed by atoms with Crippen molar-refractivity contribution in [2.75, 3.05) is 17.2 Å². The molecule has 1 amide bonds. The smallest absolute Gasteiger partial charge is 0.241 e. The fourth-order valence-corrected chi connectivity index (χ4v) is 4.84. The minimum atomic E-state index is -3.94. The summed E-state index contributed by atoms with van der Waals surface area (Å²) in [7, 11) is -2.62. The second kappa shape index (κ2) is 9.78. The van der Waals surface area contributed by atoms with Gasteiger partial charge in [-0.05, 0) is 42.7 Å². The number of sulfonamides is 1. The highest BCUT2D eigenvalue weighted by Crippen LogP contribution is 2.27. The van der Waals surface area contributed by atoms with Crippen LogP contribution in [0.3, 0.4) is 0 Å². The van der Waals surface area contributed by atoms with E-state index in [0.717, 1.165) is 23.0 Å². The number of benzene rings is 2. The lowest BCUT2D eigenvalue weighted by atomic mass is 10.2. The van der Waals surface area contributed by atoms with Crippen LogP contribution in [0.15, 0.2) is 60.7 Å². The van der Waals surface area contributed by atoms with Crippen LogP contribution in [-0.2, 0) is 21.2 Å². The Hall–Kier alpha value is -3.13. The molecule has 6 nitrogen and oxygen atoms in total. The third-order valence-electron chi connectivity index (χ3n) is 4.78. The molecule has 0 unspecified atom stereocenters. The molecule has 0 bridgehead atoms. The summed E-state index contributed by atoms with van der Waals surface area (Å²) in [5.74, 6) is -1.59. The largest absolute Gasteiger partial charge is 0.494 e. The number of aromatic nitrogens is 1. The Kier molecular flexibility index (Phi) is 7.12. The maximum absolute atomic E-state index is 14.2. The van der Waals surface area contributed by atoms with Gasteiger partial charge in [0.1, 0.15) is 0 Å². The molecular weight excluding hydrogens is 419 g/mol. The van der Waals surface area contributed by atoms with Gasteiger partial charge in [0, 0.05) is 23.9 Å². The van der Waals surface area contributed by atoms with Crippen LogP contribution in [0.25, 0.3) is 11.3 Å². The summed E-state index contributed by atoms with van der Waals surface area (Å²) in [6.07, 6.45) is 0.607. The van der Waals surface area contributed by atoms with E-state index in [9.17, 15) is 17.6 Å². The molecule has 0 saturated carbocycles. The Bertz CT molecular complexity index is 1140. The van der Waals surface area contributed by atoms with Gasteiger partial charge in [-0.2, -0.15) is 0 Å². The fraction of sp³-hybridized carbons (Fsp3) is 0.261. The van der Waals surface area contributed by atoms with Crippen molar-refractivity contribution in [1.29, 1.82) is 0 Å². The van der Waals surface area contributed by atoms with Crippen molar-refractivity contribution < 1.29 is 22.3 Å². The van der Waals surface area contributed by atoms with E-state index < -0.39 is 21.7 Å². The highest BCUT2D eigenvalue weighted by Gasteiger charge is 2.29. The van der Waals surface area contributed by atoms with Gasteiger partial charge < -0.3 is 9.72 Å². The Morgan fingerprint density at radius 1 is 1.10 bits per heavy atom. The third-order valence-corrected chi connectivity index (χ3v) is 6.67. The van der Waals surface area contributed by atoms with Gasteiger partial charge in [-0.15, -0.1) is 0 Å². The molecule has 0 atom stereocenters. The van der Waals surface area contributed by atoms with Crippen LogP contribution in [0.4, 0.5) is 10.1 Å². The zero-order valence-corrected chi connectivity index (χ0v) is 18.3. The zero-order chi connectivity index (χ0) is 22.4. The Morgan fingerprint density at radius 3 is 2.48 bits per heavy atom. The molecule has 0 saturated heterocycles. The average molecular weight is 445 g/mol. The van der Waals surface area contributed by atoms with Crippen LogP contribution in [0, 0.1) is 5.82 Å². The van der Waals surface area contributed by atoms with E-state index in [-0.39, 0.29) is 23.6 Å². The molecule has 8 heteroatoms. The SMILES string of the molecule is CCCS(=O)(=O)N(C(=O)CCc1ccc(-c2ccccc2)[nH]1)c1ccc(OC)c(F)c1. The van der Waals surface area contributed by atoms with E-state index in [0.29, 0.717) is 17.1 Å². The second-order valence-electron chi connectivity index (χ2n) is 7.06. The number of amides is 1. The number of carbonyl (C=O) groups is 1. The number of aryl methyl sites for hydroxylation is 1. The maximum Gasteiger partial charge on any atom is 0.241 e. The molecule has 0 fully saturated rings. The van der Waals surface area contributed by atoms with Crippen molar-refractivity contribution >= 4 is 21.6 Å². The lowest BCUT2D eigenvalue weighted by Gasteiger charge is -2.23. The quantitative estimate of drug-likeness (QED) is 0.526. The zero-order valence-electron chi connectivity index (χ0n) is 17.5. The predicted octanol–water partition coefficient (Wildman–Crippen LogP) is 4.54. The molecule has 1 aromatic heterocycles. The van der Waals surface area contributed by atoms with Crippen LogP contribution < -0.4 is 9.04 Å². The summed E-state index contributed by atoms with van der Waals surface area (Å²) in [6.45, 7) is 1.71. The second-order valence-corrected chi connectivity index (χ2v) is 8.99. The Morgan fingerprint density at radius 2 is 1.84 bits per heavy atom. The number of ether oxygens (including phenoxy) is 1. The van der Waals surface area contributed by atoms with Crippen molar-refractivity contribution in [3.8, 4) is 17.0 Å². The number of anilines is 1. The van der Waals surface area contributed by atoms with Crippen LogP contribution in [-0.4, -0.2) is 32.2 Å². The first-order valence-corrected chi connectivity index (χ1v) is 11.6. The molecule has 3 rings (SSSR count). The molecule has 0 aliphatic carbocycles. The number of rotatable bonds is 9. The minimum absolute atomic E-state index is 0.0242. The van der Waals surface area contributed by atoms with E-state index in [2.05, 4.69) is 4.98 Å². The summed E-state index contributed by atoms with van der Waals surface area (Å²) in [6, 6.07) is 17.2. The number of hydrogen-bond acceptors (Lipinski definition) is 4.